The molecule has 1 heterocycles. The first-order valence-corrected chi connectivity index (χ1v) is 15.6. The van der Waals surface area contributed by atoms with Crippen molar-refractivity contribution in [1.29, 1.82) is 0 Å². The molecule has 2 nitrogen and oxygen atoms in total. The molecule has 4 aromatic rings. The molecule has 0 aliphatic carbocycles. The van der Waals surface area contributed by atoms with Crippen molar-refractivity contribution in [3.05, 3.63) is 99.6 Å². The van der Waals surface area contributed by atoms with Gasteiger partial charge in [-0.25, -0.2) is 0 Å². The van der Waals surface area contributed by atoms with E-state index in [-0.39, 0.29) is 10.8 Å². The van der Waals surface area contributed by atoms with E-state index in [2.05, 4.69) is 123 Å². The quantitative estimate of drug-likeness (QED) is 0.242. The van der Waals surface area contributed by atoms with Crippen molar-refractivity contribution in [2.24, 2.45) is 0 Å². The molecule has 1 aliphatic heterocycles. The van der Waals surface area contributed by atoms with Crippen molar-refractivity contribution in [3.8, 4) is 11.5 Å². The summed E-state index contributed by atoms with van der Waals surface area (Å²) in [6.45, 7) is 20.4. The third-order valence-electron chi connectivity index (χ3n) is 7.93. The average Bonchev–Trinajstić information content (AvgIpc) is 2.87. The zero-order valence-corrected chi connectivity index (χ0v) is 26.1. The summed E-state index contributed by atoms with van der Waals surface area (Å²) >= 11 is 0. The normalized spacial score (nSPS) is 14.2. The predicted molar refractivity (Wildman–Crippen MR) is 168 cm³/mol. The fourth-order valence-corrected chi connectivity index (χ4v) is 7.18. The molecular formula is C36H43O2P. The Balaban J connectivity index is 1.84. The fourth-order valence-electron chi connectivity index (χ4n) is 5.59. The van der Waals surface area contributed by atoms with Crippen LogP contribution in [0.3, 0.4) is 0 Å². The van der Waals surface area contributed by atoms with E-state index in [0.717, 1.165) is 36.1 Å². The topological polar surface area (TPSA) is 18.5 Å². The second-order valence-corrected chi connectivity index (χ2v) is 14.4. The van der Waals surface area contributed by atoms with E-state index < -0.39 is 8.38 Å². The minimum atomic E-state index is -1.45. The highest BCUT2D eigenvalue weighted by Gasteiger charge is 2.33. The molecule has 0 N–H and O–H groups in total. The highest BCUT2D eigenvalue weighted by molar-refractivity contribution is 7.57. The lowest BCUT2D eigenvalue weighted by molar-refractivity contribution is 0.457. The standard InChI is InChI=1S/C36H43O2P/c1-10-24-18-26-22-27-19-25(11-2)21-31(36(7,8)9)34(27)38-39(37-33(26)30(20-24)35(4,5)6)32-17-16-23(3)28-14-12-13-15-29(28)32/h12-21H,10-11,22H2,1-9H3. The van der Waals surface area contributed by atoms with Crippen molar-refractivity contribution >= 4 is 24.5 Å². The molecule has 0 saturated heterocycles. The molecule has 0 bridgehead atoms. The lowest BCUT2D eigenvalue weighted by Crippen LogP contribution is -2.21. The van der Waals surface area contributed by atoms with Gasteiger partial charge in [0.15, 0.2) is 0 Å². The maximum Gasteiger partial charge on any atom is 0.326 e. The minimum Gasteiger partial charge on any atom is -0.435 e. The number of aryl methyl sites for hydroxylation is 3. The van der Waals surface area contributed by atoms with Gasteiger partial charge in [-0.1, -0.05) is 110 Å². The number of hydrogen-bond acceptors (Lipinski definition) is 2. The molecule has 1 aliphatic rings. The van der Waals surface area contributed by atoms with E-state index in [1.165, 1.54) is 49.7 Å². The van der Waals surface area contributed by atoms with Gasteiger partial charge in [-0.2, -0.15) is 0 Å². The van der Waals surface area contributed by atoms with E-state index in [1.54, 1.807) is 0 Å². The maximum absolute atomic E-state index is 7.15. The molecular weight excluding hydrogens is 495 g/mol. The van der Waals surface area contributed by atoms with Crippen molar-refractivity contribution in [3.63, 3.8) is 0 Å². The van der Waals surface area contributed by atoms with Crippen LogP contribution >= 0.6 is 8.38 Å². The van der Waals surface area contributed by atoms with E-state index in [4.69, 9.17) is 9.05 Å². The van der Waals surface area contributed by atoms with Gasteiger partial charge in [0.05, 0.1) is 5.30 Å². The molecule has 204 valence electrons. The summed E-state index contributed by atoms with van der Waals surface area (Å²) in [5.41, 5.74) is 8.91. The lowest BCUT2D eigenvalue weighted by Gasteiger charge is -2.33. The Hall–Kier alpha value is -2.83. The van der Waals surface area contributed by atoms with Crippen molar-refractivity contribution in [2.45, 2.75) is 92.4 Å². The van der Waals surface area contributed by atoms with Gasteiger partial charge in [-0.3, -0.25) is 0 Å². The Morgan fingerprint density at radius 1 is 0.667 bits per heavy atom. The molecule has 3 heteroatoms. The van der Waals surface area contributed by atoms with Gasteiger partial charge >= 0.3 is 8.38 Å². The third kappa shape index (κ3) is 5.33. The first-order valence-electron chi connectivity index (χ1n) is 14.4. The monoisotopic (exact) mass is 538 g/mol. The van der Waals surface area contributed by atoms with Crippen molar-refractivity contribution in [2.75, 3.05) is 0 Å². The molecule has 0 aromatic heterocycles. The molecule has 0 radical (unpaired) electrons. The largest absolute Gasteiger partial charge is 0.435 e. The van der Waals surface area contributed by atoms with Crippen LogP contribution in [0.2, 0.25) is 0 Å². The van der Waals surface area contributed by atoms with E-state index in [0.29, 0.717) is 0 Å². The number of hydrogen-bond donors (Lipinski definition) is 0. The van der Waals surface area contributed by atoms with Gasteiger partial charge in [0, 0.05) is 17.5 Å². The molecule has 39 heavy (non-hydrogen) atoms. The molecule has 0 amide bonds. The third-order valence-corrected chi connectivity index (χ3v) is 9.41. The highest BCUT2D eigenvalue weighted by Crippen LogP contribution is 2.52. The van der Waals surface area contributed by atoms with Crippen LogP contribution in [-0.2, 0) is 30.1 Å². The van der Waals surface area contributed by atoms with Gasteiger partial charge < -0.3 is 9.05 Å². The van der Waals surface area contributed by atoms with Gasteiger partial charge in [0.1, 0.15) is 11.5 Å². The van der Waals surface area contributed by atoms with Gasteiger partial charge in [0.2, 0.25) is 0 Å². The van der Waals surface area contributed by atoms with Gasteiger partial charge in [0.25, 0.3) is 0 Å². The summed E-state index contributed by atoms with van der Waals surface area (Å²) in [6.07, 6.45) is 2.80. The summed E-state index contributed by atoms with van der Waals surface area (Å²) in [7, 11) is -1.45. The number of fused-ring (bicyclic) bond motifs is 3. The predicted octanol–water partition coefficient (Wildman–Crippen LogP) is 9.87. The van der Waals surface area contributed by atoms with Crippen LogP contribution in [0.1, 0.15) is 94.3 Å². The smallest absolute Gasteiger partial charge is 0.326 e. The van der Waals surface area contributed by atoms with Crippen LogP contribution < -0.4 is 14.4 Å². The fraction of sp³-hybridized carbons (Fsp3) is 0.389. The van der Waals surface area contributed by atoms with Crippen LogP contribution in [-0.4, -0.2) is 0 Å². The summed E-state index contributed by atoms with van der Waals surface area (Å²) in [6, 6.07) is 22.5. The minimum absolute atomic E-state index is 0.0600. The number of benzene rings is 4. The van der Waals surface area contributed by atoms with Crippen molar-refractivity contribution in [1.82, 2.24) is 0 Å². The Morgan fingerprint density at radius 3 is 1.62 bits per heavy atom. The Bertz CT molecular complexity index is 1460. The maximum atomic E-state index is 7.15. The Morgan fingerprint density at radius 2 is 1.15 bits per heavy atom. The van der Waals surface area contributed by atoms with Crippen LogP contribution in [0.25, 0.3) is 10.8 Å². The van der Waals surface area contributed by atoms with Crippen LogP contribution in [0.15, 0.2) is 60.7 Å². The summed E-state index contributed by atoms with van der Waals surface area (Å²) in [5, 5.41) is 3.59. The average molecular weight is 539 g/mol. The van der Waals surface area contributed by atoms with Crippen molar-refractivity contribution < 1.29 is 9.05 Å². The molecule has 4 aromatic carbocycles. The summed E-state index contributed by atoms with van der Waals surface area (Å²) < 4.78 is 14.3. The second kappa shape index (κ2) is 10.3. The first kappa shape index (κ1) is 27.7. The first-order chi connectivity index (χ1) is 18.4. The molecule has 5 rings (SSSR count). The number of rotatable bonds is 3. The molecule has 0 fully saturated rings. The zero-order chi connectivity index (χ0) is 28.1. The lowest BCUT2D eigenvalue weighted by atomic mass is 9.81. The van der Waals surface area contributed by atoms with Crippen LogP contribution in [0, 0.1) is 6.92 Å². The SMILES string of the molecule is CCc1cc2c(c(C(C)(C)C)c1)OP(c1ccc(C)c3ccccc13)Oc1c(cc(CC)cc1C(C)(C)C)C2. The van der Waals surface area contributed by atoms with Crippen LogP contribution in [0.4, 0.5) is 0 Å². The van der Waals surface area contributed by atoms with Gasteiger partial charge in [-0.15, -0.1) is 0 Å². The molecule has 0 unspecified atom stereocenters. The summed E-state index contributed by atoms with van der Waals surface area (Å²) in [4.78, 5) is 0. The summed E-state index contributed by atoms with van der Waals surface area (Å²) in [5.74, 6) is 2.00. The van der Waals surface area contributed by atoms with Gasteiger partial charge in [-0.05, 0) is 75.3 Å². The van der Waals surface area contributed by atoms with Crippen LogP contribution in [0.5, 0.6) is 11.5 Å². The zero-order valence-electron chi connectivity index (χ0n) is 25.2. The van der Waals surface area contributed by atoms with E-state index in [9.17, 15) is 0 Å². The van der Waals surface area contributed by atoms with E-state index in [1.807, 2.05) is 0 Å². The Labute approximate surface area is 236 Å². The molecule has 0 saturated carbocycles. The second-order valence-electron chi connectivity index (χ2n) is 13.0. The Kier molecular flexibility index (Phi) is 7.32. The molecule has 0 atom stereocenters. The molecule has 0 spiro atoms. The van der Waals surface area contributed by atoms with E-state index >= 15 is 0 Å². The highest BCUT2D eigenvalue weighted by atomic mass is 31.2.